The van der Waals surface area contributed by atoms with Gasteiger partial charge in [-0.05, 0) is 36.2 Å². The van der Waals surface area contributed by atoms with Crippen LogP contribution in [-0.4, -0.2) is 30.4 Å². The highest BCUT2D eigenvalue weighted by Gasteiger charge is 2.15. The summed E-state index contributed by atoms with van der Waals surface area (Å²) in [4.78, 5) is 4.16. The molecular formula is C17H22N2O3. The first kappa shape index (κ1) is 16.1. The molecule has 0 bridgehead atoms. The van der Waals surface area contributed by atoms with Crippen LogP contribution in [0.2, 0.25) is 0 Å². The highest BCUT2D eigenvalue weighted by atomic mass is 16.5. The van der Waals surface area contributed by atoms with Gasteiger partial charge >= 0.3 is 0 Å². The number of aromatic nitrogens is 1. The summed E-state index contributed by atoms with van der Waals surface area (Å²) in [6, 6.07) is 11.7. The first-order valence-corrected chi connectivity index (χ1v) is 7.41. The third-order valence-electron chi connectivity index (χ3n) is 3.25. The number of anilines is 1. The Kier molecular flexibility index (Phi) is 6.03. The second-order valence-electron chi connectivity index (χ2n) is 4.77. The van der Waals surface area contributed by atoms with Crippen molar-refractivity contribution in [2.75, 3.05) is 25.6 Å². The van der Waals surface area contributed by atoms with E-state index in [-0.39, 0.29) is 19.3 Å². The molecule has 0 amide bonds. The van der Waals surface area contributed by atoms with E-state index in [0.29, 0.717) is 11.6 Å². The minimum absolute atomic E-state index is 0.0581. The van der Waals surface area contributed by atoms with Gasteiger partial charge in [0.25, 0.3) is 5.88 Å². The molecule has 0 saturated heterocycles. The number of nitrogens with one attached hydrogen (secondary N) is 1. The summed E-state index contributed by atoms with van der Waals surface area (Å²) in [6.07, 6.45) is 2.37. The van der Waals surface area contributed by atoms with Crippen LogP contribution in [0.4, 0.5) is 5.69 Å². The maximum atomic E-state index is 8.88. The summed E-state index contributed by atoms with van der Waals surface area (Å²) in [7, 11) is 1.89. The van der Waals surface area contributed by atoms with Gasteiger partial charge in [-0.15, -0.1) is 0 Å². The van der Waals surface area contributed by atoms with E-state index < -0.39 is 0 Å². The standard InChI is InChI=1S/C17H22N2O3/c1-3-15(13-6-4-7-14(12-13)18-2)22-16-8-5-9-19-17(16)21-11-10-20/h4-9,12,15,18,20H,3,10-11H2,1-2H3/t15-/m1/s1. The lowest BCUT2D eigenvalue weighted by Crippen LogP contribution is -2.10. The van der Waals surface area contributed by atoms with Crippen molar-refractivity contribution in [2.24, 2.45) is 0 Å². The molecule has 0 radical (unpaired) electrons. The van der Waals surface area contributed by atoms with Crippen LogP contribution in [0, 0.1) is 0 Å². The minimum Gasteiger partial charge on any atom is -0.480 e. The van der Waals surface area contributed by atoms with Gasteiger partial charge in [0.1, 0.15) is 12.7 Å². The fraction of sp³-hybridized carbons (Fsp3) is 0.353. The Balaban J connectivity index is 2.19. The quantitative estimate of drug-likeness (QED) is 0.785. The Bertz CT molecular complexity index is 590. The molecule has 0 saturated carbocycles. The van der Waals surface area contributed by atoms with Crippen molar-refractivity contribution in [3.05, 3.63) is 48.2 Å². The van der Waals surface area contributed by atoms with Crippen LogP contribution in [-0.2, 0) is 0 Å². The highest BCUT2D eigenvalue weighted by molar-refractivity contribution is 5.46. The van der Waals surface area contributed by atoms with Crippen molar-refractivity contribution in [1.82, 2.24) is 4.98 Å². The number of aliphatic hydroxyl groups excluding tert-OH is 1. The molecule has 0 aliphatic heterocycles. The van der Waals surface area contributed by atoms with Gasteiger partial charge in [-0.3, -0.25) is 0 Å². The fourth-order valence-corrected chi connectivity index (χ4v) is 2.15. The van der Waals surface area contributed by atoms with E-state index in [1.807, 2.05) is 31.3 Å². The average molecular weight is 302 g/mol. The van der Waals surface area contributed by atoms with E-state index in [2.05, 4.69) is 23.3 Å². The molecule has 0 fully saturated rings. The first-order chi connectivity index (χ1) is 10.8. The van der Waals surface area contributed by atoms with Crippen molar-refractivity contribution in [1.29, 1.82) is 0 Å². The molecule has 1 heterocycles. The van der Waals surface area contributed by atoms with Crippen molar-refractivity contribution < 1.29 is 14.6 Å². The van der Waals surface area contributed by atoms with Crippen molar-refractivity contribution >= 4 is 5.69 Å². The molecule has 2 rings (SSSR count). The summed E-state index contributed by atoms with van der Waals surface area (Å²) in [6.45, 7) is 2.21. The Hall–Kier alpha value is -2.27. The number of rotatable bonds is 8. The van der Waals surface area contributed by atoms with E-state index >= 15 is 0 Å². The molecule has 22 heavy (non-hydrogen) atoms. The van der Waals surface area contributed by atoms with Gasteiger partial charge in [0, 0.05) is 18.9 Å². The number of pyridine rings is 1. The zero-order valence-electron chi connectivity index (χ0n) is 13.0. The molecule has 1 atom stereocenters. The lowest BCUT2D eigenvalue weighted by atomic mass is 10.1. The molecule has 0 aliphatic rings. The molecule has 0 spiro atoms. The molecule has 1 aromatic heterocycles. The van der Waals surface area contributed by atoms with Gasteiger partial charge in [-0.25, -0.2) is 4.98 Å². The Labute approximate surface area is 130 Å². The zero-order chi connectivity index (χ0) is 15.8. The van der Waals surface area contributed by atoms with Crippen molar-refractivity contribution in [3.63, 3.8) is 0 Å². The van der Waals surface area contributed by atoms with Gasteiger partial charge < -0.3 is 19.9 Å². The molecule has 2 N–H and O–H groups in total. The van der Waals surface area contributed by atoms with Crippen LogP contribution < -0.4 is 14.8 Å². The SMILES string of the molecule is CC[C@@H](Oc1cccnc1OCCO)c1cccc(NC)c1. The molecule has 118 valence electrons. The summed E-state index contributed by atoms with van der Waals surface area (Å²) in [5.74, 6) is 0.984. The summed E-state index contributed by atoms with van der Waals surface area (Å²) < 4.78 is 11.5. The van der Waals surface area contributed by atoms with Crippen LogP contribution in [0.25, 0.3) is 0 Å². The Morgan fingerprint density at radius 2 is 2.14 bits per heavy atom. The molecule has 5 heteroatoms. The number of hydrogen-bond acceptors (Lipinski definition) is 5. The maximum Gasteiger partial charge on any atom is 0.257 e. The van der Waals surface area contributed by atoms with E-state index in [1.165, 1.54) is 0 Å². The molecular weight excluding hydrogens is 280 g/mol. The molecule has 0 aliphatic carbocycles. The molecule has 0 unspecified atom stereocenters. The summed E-state index contributed by atoms with van der Waals surface area (Å²) in [5, 5.41) is 12.0. The number of hydrogen-bond donors (Lipinski definition) is 2. The summed E-state index contributed by atoms with van der Waals surface area (Å²) >= 11 is 0. The Morgan fingerprint density at radius 3 is 2.86 bits per heavy atom. The number of nitrogens with zero attached hydrogens (tertiary/aromatic N) is 1. The number of benzene rings is 1. The van der Waals surface area contributed by atoms with Crippen LogP contribution in [0.15, 0.2) is 42.6 Å². The monoisotopic (exact) mass is 302 g/mol. The van der Waals surface area contributed by atoms with E-state index in [9.17, 15) is 0 Å². The Morgan fingerprint density at radius 1 is 1.27 bits per heavy atom. The van der Waals surface area contributed by atoms with Crippen LogP contribution in [0.1, 0.15) is 25.0 Å². The van der Waals surface area contributed by atoms with Crippen molar-refractivity contribution in [3.8, 4) is 11.6 Å². The third-order valence-corrected chi connectivity index (χ3v) is 3.25. The van der Waals surface area contributed by atoms with Gasteiger partial charge in [-0.2, -0.15) is 0 Å². The second kappa shape index (κ2) is 8.24. The first-order valence-electron chi connectivity index (χ1n) is 7.41. The van der Waals surface area contributed by atoms with Gasteiger partial charge in [0.2, 0.25) is 0 Å². The van der Waals surface area contributed by atoms with E-state index in [4.69, 9.17) is 14.6 Å². The van der Waals surface area contributed by atoms with Gasteiger partial charge in [-0.1, -0.05) is 19.1 Å². The van der Waals surface area contributed by atoms with Crippen LogP contribution >= 0.6 is 0 Å². The second-order valence-corrected chi connectivity index (χ2v) is 4.77. The van der Waals surface area contributed by atoms with E-state index in [0.717, 1.165) is 17.7 Å². The van der Waals surface area contributed by atoms with Gasteiger partial charge in [0.05, 0.1) is 6.61 Å². The molecule has 5 nitrogen and oxygen atoms in total. The fourth-order valence-electron chi connectivity index (χ4n) is 2.15. The smallest absolute Gasteiger partial charge is 0.257 e. The topological polar surface area (TPSA) is 63.6 Å². The average Bonchev–Trinajstić information content (AvgIpc) is 2.58. The van der Waals surface area contributed by atoms with Crippen molar-refractivity contribution in [2.45, 2.75) is 19.4 Å². The maximum absolute atomic E-state index is 8.88. The largest absolute Gasteiger partial charge is 0.480 e. The van der Waals surface area contributed by atoms with E-state index in [1.54, 1.807) is 12.3 Å². The van der Waals surface area contributed by atoms with Crippen LogP contribution in [0.5, 0.6) is 11.6 Å². The predicted octanol–water partition coefficient (Wildman–Crippen LogP) is 3.02. The lowest BCUT2D eigenvalue weighted by molar-refractivity contribution is 0.166. The number of aliphatic hydroxyl groups is 1. The third kappa shape index (κ3) is 4.11. The molecule has 2 aromatic rings. The predicted molar refractivity (Wildman–Crippen MR) is 86.5 cm³/mol. The van der Waals surface area contributed by atoms with Gasteiger partial charge in [0.15, 0.2) is 5.75 Å². The minimum atomic E-state index is -0.0889. The summed E-state index contributed by atoms with van der Waals surface area (Å²) in [5.41, 5.74) is 2.13. The van der Waals surface area contributed by atoms with Crippen LogP contribution in [0.3, 0.4) is 0 Å². The molecule has 1 aromatic carbocycles. The number of ether oxygens (including phenoxy) is 2. The highest BCUT2D eigenvalue weighted by Crippen LogP contribution is 2.31. The normalized spacial score (nSPS) is 11.8. The zero-order valence-corrected chi connectivity index (χ0v) is 13.0. The lowest BCUT2D eigenvalue weighted by Gasteiger charge is -2.20.